The van der Waals surface area contributed by atoms with Crippen LogP contribution in [0, 0.1) is 11.3 Å². The number of hydrogen-bond acceptors (Lipinski definition) is 5. The third-order valence-electron chi connectivity index (χ3n) is 5.67. The monoisotopic (exact) mass is 355 g/mol. The van der Waals surface area contributed by atoms with Gasteiger partial charge in [0.1, 0.15) is 6.33 Å². The minimum Gasteiger partial charge on any atom is -0.396 e. The van der Waals surface area contributed by atoms with E-state index >= 15 is 0 Å². The number of aliphatic hydroxyl groups excluding tert-OH is 1. The largest absolute Gasteiger partial charge is 0.396 e. The van der Waals surface area contributed by atoms with Crippen molar-refractivity contribution in [3.8, 4) is 5.69 Å². The van der Waals surface area contributed by atoms with Crippen LogP contribution in [0.1, 0.15) is 37.7 Å². The van der Waals surface area contributed by atoms with Gasteiger partial charge in [-0.2, -0.15) is 0 Å². The molecule has 2 fully saturated rings. The van der Waals surface area contributed by atoms with Crippen molar-refractivity contribution >= 4 is 5.91 Å². The normalized spacial score (nSPS) is 23.2. The number of aliphatic hydroxyl groups is 1. The molecule has 26 heavy (non-hydrogen) atoms. The Balaban J connectivity index is 1.39. The number of rotatable bonds is 6. The highest BCUT2D eigenvalue weighted by atomic mass is 16.3. The molecule has 1 aliphatic carbocycles. The highest BCUT2D eigenvalue weighted by Gasteiger charge is 2.40. The molecule has 0 bridgehead atoms. The van der Waals surface area contributed by atoms with Crippen molar-refractivity contribution in [2.75, 3.05) is 19.7 Å². The number of benzene rings is 1. The van der Waals surface area contributed by atoms with E-state index in [2.05, 4.69) is 15.5 Å². The topological polar surface area (TPSA) is 84.1 Å². The highest BCUT2D eigenvalue weighted by Crippen LogP contribution is 2.44. The van der Waals surface area contributed by atoms with E-state index in [1.54, 1.807) is 11.0 Å². The fourth-order valence-corrected chi connectivity index (χ4v) is 4.05. The van der Waals surface area contributed by atoms with Crippen molar-refractivity contribution < 1.29 is 9.90 Å². The van der Waals surface area contributed by atoms with Crippen molar-refractivity contribution in [2.24, 2.45) is 11.3 Å². The van der Waals surface area contributed by atoms with Gasteiger partial charge in [0.15, 0.2) is 0 Å². The van der Waals surface area contributed by atoms with E-state index in [1.807, 2.05) is 29.2 Å². The minimum atomic E-state index is -0.0843. The maximum Gasteiger partial charge on any atom is 0.227 e. The van der Waals surface area contributed by atoms with Gasteiger partial charge in [-0.15, -0.1) is 5.10 Å². The van der Waals surface area contributed by atoms with Crippen LogP contribution >= 0.6 is 0 Å². The smallest absolute Gasteiger partial charge is 0.227 e. The number of piperidine rings is 1. The number of aromatic nitrogens is 4. The van der Waals surface area contributed by atoms with E-state index in [0.29, 0.717) is 13.0 Å². The highest BCUT2D eigenvalue weighted by molar-refractivity contribution is 5.79. The van der Waals surface area contributed by atoms with Crippen LogP contribution in [0.4, 0.5) is 0 Å². The Bertz CT molecular complexity index is 742. The molecular formula is C19H25N5O2. The number of tetrazole rings is 1. The molecule has 4 rings (SSSR count). The molecule has 2 aromatic rings. The molecule has 1 saturated heterocycles. The summed E-state index contributed by atoms with van der Waals surface area (Å²) in [6, 6.07) is 7.73. The van der Waals surface area contributed by atoms with Crippen molar-refractivity contribution in [1.82, 2.24) is 25.1 Å². The third kappa shape index (κ3) is 3.77. The first-order valence-corrected chi connectivity index (χ1v) is 9.38. The molecule has 2 heterocycles. The van der Waals surface area contributed by atoms with Crippen LogP contribution < -0.4 is 0 Å². The zero-order chi connectivity index (χ0) is 18.0. The minimum absolute atomic E-state index is 0.0843. The molecule has 1 saturated carbocycles. The molecular weight excluding hydrogens is 330 g/mol. The number of hydrogen-bond donors (Lipinski definition) is 1. The van der Waals surface area contributed by atoms with E-state index in [0.717, 1.165) is 43.0 Å². The first-order chi connectivity index (χ1) is 12.7. The van der Waals surface area contributed by atoms with Crippen LogP contribution in [0.5, 0.6) is 0 Å². The Hall–Kier alpha value is -2.28. The molecule has 7 nitrogen and oxygen atoms in total. The second-order valence-electron chi connectivity index (χ2n) is 7.82. The Morgan fingerprint density at radius 2 is 2.08 bits per heavy atom. The van der Waals surface area contributed by atoms with Crippen molar-refractivity contribution in [3.63, 3.8) is 0 Å². The second-order valence-corrected chi connectivity index (χ2v) is 7.82. The number of amides is 1. The summed E-state index contributed by atoms with van der Waals surface area (Å²) in [7, 11) is 0. The van der Waals surface area contributed by atoms with Crippen LogP contribution in [0.25, 0.3) is 5.69 Å². The van der Waals surface area contributed by atoms with E-state index in [-0.39, 0.29) is 17.9 Å². The summed E-state index contributed by atoms with van der Waals surface area (Å²) in [4.78, 5) is 14.7. The summed E-state index contributed by atoms with van der Waals surface area (Å²) >= 11 is 0. The van der Waals surface area contributed by atoms with Gasteiger partial charge >= 0.3 is 0 Å². The molecule has 138 valence electrons. The van der Waals surface area contributed by atoms with Gasteiger partial charge in [0.25, 0.3) is 0 Å². The summed E-state index contributed by atoms with van der Waals surface area (Å²) in [6.07, 6.45) is 7.57. The van der Waals surface area contributed by atoms with Gasteiger partial charge in [-0.3, -0.25) is 4.79 Å². The van der Waals surface area contributed by atoms with Crippen molar-refractivity contribution in [2.45, 2.75) is 38.5 Å². The number of likely N-dealkylation sites (tertiary alicyclic amines) is 1. The predicted molar refractivity (Wildman–Crippen MR) is 95.5 cm³/mol. The summed E-state index contributed by atoms with van der Waals surface area (Å²) < 4.78 is 1.59. The molecule has 0 spiro atoms. The summed E-state index contributed by atoms with van der Waals surface area (Å²) in [6.45, 7) is 1.68. The molecule has 7 heteroatoms. The Morgan fingerprint density at radius 3 is 2.73 bits per heavy atom. The molecule has 0 radical (unpaired) electrons. The van der Waals surface area contributed by atoms with Gasteiger partial charge < -0.3 is 10.0 Å². The number of carbonyl (C=O) groups is 1. The zero-order valence-corrected chi connectivity index (χ0v) is 14.9. The lowest BCUT2D eigenvalue weighted by Gasteiger charge is -2.42. The van der Waals surface area contributed by atoms with Gasteiger partial charge in [0, 0.05) is 18.5 Å². The van der Waals surface area contributed by atoms with E-state index in [4.69, 9.17) is 0 Å². The molecule has 2 aliphatic rings. The summed E-state index contributed by atoms with van der Waals surface area (Å²) in [5, 5.41) is 21.1. The summed E-state index contributed by atoms with van der Waals surface area (Å²) in [5.41, 5.74) is 1.76. The number of carbonyl (C=O) groups excluding carboxylic acids is 1. The summed E-state index contributed by atoms with van der Waals surface area (Å²) in [5.74, 6) is 0.907. The van der Waals surface area contributed by atoms with E-state index < -0.39 is 0 Å². The average Bonchev–Trinajstić information content (AvgIpc) is 3.30. The van der Waals surface area contributed by atoms with Crippen LogP contribution in [-0.4, -0.2) is 55.8 Å². The van der Waals surface area contributed by atoms with Crippen LogP contribution in [0.3, 0.4) is 0 Å². The van der Waals surface area contributed by atoms with Crippen LogP contribution in [0.2, 0.25) is 0 Å². The lowest BCUT2D eigenvalue weighted by Crippen LogP contribution is -2.48. The predicted octanol–water partition coefficient (Wildman–Crippen LogP) is 1.61. The van der Waals surface area contributed by atoms with Gasteiger partial charge in [0.05, 0.1) is 18.7 Å². The van der Waals surface area contributed by atoms with Gasteiger partial charge in [-0.05, 0) is 53.3 Å². The fourth-order valence-electron chi connectivity index (χ4n) is 4.05. The SMILES string of the molecule is O=C(Cc1ccc(-n2cnnn2)cc1)N1CCCC(CO)(CC2CC2)C1. The lowest BCUT2D eigenvalue weighted by atomic mass is 9.76. The van der Waals surface area contributed by atoms with Crippen LogP contribution in [0.15, 0.2) is 30.6 Å². The molecule has 1 aromatic carbocycles. The number of nitrogens with zero attached hydrogens (tertiary/aromatic N) is 5. The zero-order valence-electron chi connectivity index (χ0n) is 14.9. The standard InChI is InChI=1S/C19H25N5O2/c25-13-19(11-16-2-3-16)8-1-9-23(12-19)18(26)10-15-4-6-17(7-5-15)24-14-20-21-22-24/h4-7,14,16,25H,1-3,8-13H2. The second kappa shape index (κ2) is 7.15. The van der Waals surface area contributed by atoms with Gasteiger partial charge in [-0.25, -0.2) is 4.68 Å². The molecule has 1 N–H and O–H groups in total. The quantitative estimate of drug-likeness (QED) is 0.851. The molecule has 1 amide bonds. The molecule has 1 aliphatic heterocycles. The van der Waals surface area contributed by atoms with Crippen molar-refractivity contribution in [3.05, 3.63) is 36.2 Å². The van der Waals surface area contributed by atoms with E-state index in [9.17, 15) is 9.90 Å². The first-order valence-electron chi connectivity index (χ1n) is 9.38. The maximum absolute atomic E-state index is 12.8. The lowest BCUT2D eigenvalue weighted by molar-refractivity contribution is -0.135. The molecule has 1 atom stereocenters. The third-order valence-corrected chi connectivity index (χ3v) is 5.67. The maximum atomic E-state index is 12.8. The van der Waals surface area contributed by atoms with Gasteiger partial charge in [0.2, 0.25) is 5.91 Å². The first kappa shape index (κ1) is 17.1. The Morgan fingerprint density at radius 1 is 1.27 bits per heavy atom. The Labute approximate surface area is 153 Å². The fraction of sp³-hybridized carbons (Fsp3) is 0.579. The Kier molecular flexibility index (Phi) is 4.72. The average molecular weight is 355 g/mol. The molecule has 1 aromatic heterocycles. The molecule has 1 unspecified atom stereocenters. The van der Waals surface area contributed by atoms with Crippen LogP contribution in [-0.2, 0) is 11.2 Å². The van der Waals surface area contributed by atoms with Gasteiger partial charge in [-0.1, -0.05) is 25.0 Å². The van der Waals surface area contributed by atoms with Crippen molar-refractivity contribution in [1.29, 1.82) is 0 Å². The van der Waals surface area contributed by atoms with E-state index in [1.165, 1.54) is 12.8 Å².